The molecule has 1 atom stereocenters. The van der Waals surface area contributed by atoms with Crippen LogP contribution in [0, 0.1) is 6.92 Å². The molecule has 0 saturated heterocycles. The number of methoxy groups -OCH3 is 1. The molecule has 0 bridgehead atoms. The van der Waals surface area contributed by atoms with Crippen LogP contribution in [0.25, 0.3) is 0 Å². The van der Waals surface area contributed by atoms with E-state index in [1.807, 2.05) is 80.6 Å². The van der Waals surface area contributed by atoms with E-state index < -0.39 is 6.04 Å². The molecule has 0 aliphatic carbocycles. The van der Waals surface area contributed by atoms with Crippen LogP contribution >= 0.6 is 11.6 Å². The molecule has 4 aromatic rings. The van der Waals surface area contributed by atoms with Gasteiger partial charge in [-0.15, -0.1) is 0 Å². The number of rotatable bonds is 7. The van der Waals surface area contributed by atoms with Crippen LogP contribution in [0.2, 0.25) is 5.02 Å². The van der Waals surface area contributed by atoms with E-state index >= 15 is 0 Å². The number of benzene rings is 3. The second-order valence-corrected chi connectivity index (χ2v) is 9.03. The first-order valence-corrected chi connectivity index (χ1v) is 12.0. The summed E-state index contributed by atoms with van der Waals surface area (Å²) < 4.78 is 13.2. The summed E-state index contributed by atoms with van der Waals surface area (Å²) in [6.07, 6.45) is 0. The highest BCUT2D eigenvalue weighted by atomic mass is 35.5. The Balaban J connectivity index is 1.47. The summed E-state index contributed by atoms with van der Waals surface area (Å²) in [5, 5.41) is 18.8. The van der Waals surface area contributed by atoms with Crippen LogP contribution in [0.1, 0.15) is 29.7 Å². The number of nitrogens with zero attached hydrogens (tertiary/aromatic N) is 4. The minimum absolute atomic E-state index is 0.266. The zero-order valence-electron chi connectivity index (χ0n) is 20.5. The lowest BCUT2D eigenvalue weighted by Gasteiger charge is -2.28. The zero-order valence-corrected chi connectivity index (χ0v) is 21.3. The molecule has 0 radical (unpaired) electrons. The standard InChI is InChI=1S/C27H25ClN6O3/c1-16-8-11-20(12-9-16)30-26(35)24-17(2)29-27-31-32-33-34(27)25(24)18-10-13-22(23(14-18)36-3)37-15-19-6-4-5-7-21(19)28/h4-14,25H,15H2,1-3H3,(H,30,35)(H,29,31,33). The lowest BCUT2D eigenvalue weighted by Crippen LogP contribution is -2.31. The number of amides is 1. The number of aromatic nitrogens is 4. The summed E-state index contributed by atoms with van der Waals surface area (Å²) in [4.78, 5) is 13.5. The first kappa shape index (κ1) is 24.3. The van der Waals surface area contributed by atoms with Crippen LogP contribution in [-0.4, -0.2) is 33.2 Å². The van der Waals surface area contributed by atoms with Crippen molar-refractivity contribution >= 4 is 29.1 Å². The summed E-state index contributed by atoms with van der Waals surface area (Å²) in [7, 11) is 1.57. The van der Waals surface area contributed by atoms with E-state index in [1.165, 1.54) is 0 Å². The molecule has 3 aromatic carbocycles. The number of fused-ring (bicyclic) bond motifs is 1. The SMILES string of the molecule is COc1cc(C2C(C(=O)Nc3ccc(C)cc3)=C(C)Nc3nnnn32)ccc1OCc1ccccc1Cl. The van der Waals surface area contributed by atoms with Crippen molar-refractivity contribution in [2.45, 2.75) is 26.5 Å². The molecule has 37 heavy (non-hydrogen) atoms. The summed E-state index contributed by atoms with van der Waals surface area (Å²) in [5.41, 5.74) is 4.54. The van der Waals surface area contributed by atoms with Crippen molar-refractivity contribution in [3.63, 3.8) is 0 Å². The molecule has 1 aliphatic rings. The average Bonchev–Trinajstić information content (AvgIpc) is 3.36. The largest absolute Gasteiger partial charge is 0.493 e. The number of halogens is 1. The molecule has 2 heterocycles. The predicted octanol–water partition coefficient (Wildman–Crippen LogP) is 5.15. The molecule has 10 heteroatoms. The molecule has 1 aliphatic heterocycles. The van der Waals surface area contributed by atoms with E-state index in [1.54, 1.807) is 11.8 Å². The predicted molar refractivity (Wildman–Crippen MR) is 141 cm³/mol. The molecule has 2 N–H and O–H groups in total. The third-order valence-electron chi connectivity index (χ3n) is 6.11. The Hall–Kier alpha value is -4.37. The lowest BCUT2D eigenvalue weighted by atomic mass is 9.94. The van der Waals surface area contributed by atoms with Crippen LogP contribution < -0.4 is 20.1 Å². The van der Waals surface area contributed by atoms with Gasteiger partial charge in [0.25, 0.3) is 5.91 Å². The van der Waals surface area contributed by atoms with Gasteiger partial charge in [-0.3, -0.25) is 4.79 Å². The van der Waals surface area contributed by atoms with Gasteiger partial charge in [0.05, 0.1) is 12.7 Å². The smallest absolute Gasteiger partial charge is 0.255 e. The summed E-state index contributed by atoms with van der Waals surface area (Å²) in [6.45, 7) is 4.10. The summed E-state index contributed by atoms with van der Waals surface area (Å²) in [6, 6.07) is 20.0. The van der Waals surface area contributed by atoms with E-state index in [0.717, 1.165) is 16.7 Å². The number of hydrogen-bond donors (Lipinski definition) is 2. The van der Waals surface area contributed by atoms with E-state index in [2.05, 4.69) is 26.2 Å². The first-order chi connectivity index (χ1) is 17.9. The Bertz CT molecular complexity index is 1480. The zero-order chi connectivity index (χ0) is 25.9. The number of tetrazole rings is 1. The number of carbonyl (C=O) groups is 1. The fraction of sp³-hybridized carbons (Fsp3) is 0.185. The van der Waals surface area contributed by atoms with Crippen molar-refractivity contribution in [1.29, 1.82) is 0 Å². The highest BCUT2D eigenvalue weighted by Gasteiger charge is 2.34. The Morgan fingerprint density at radius 2 is 1.86 bits per heavy atom. The topological polar surface area (TPSA) is 103 Å². The Morgan fingerprint density at radius 1 is 1.08 bits per heavy atom. The highest BCUT2D eigenvalue weighted by molar-refractivity contribution is 6.31. The maximum absolute atomic E-state index is 13.5. The summed E-state index contributed by atoms with van der Waals surface area (Å²) >= 11 is 6.27. The maximum Gasteiger partial charge on any atom is 0.255 e. The van der Waals surface area contributed by atoms with Gasteiger partial charge in [0, 0.05) is 22.0 Å². The second-order valence-electron chi connectivity index (χ2n) is 8.62. The van der Waals surface area contributed by atoms with E-state index in [4.69, 9.17) is 21.1 Å². The number of aryl methyl sites for hydroxylation is 1. The fourth-order valence-corrected chi connectivity index (χ4v) is 4.38. The maximum atomic E-state index is 13.5. The number of nitrogens with one attached hydrogen (secondary N) is 2. The van der Waals surface area contributed by atoms with Crippen molar-refractivity contribution < 1.29 is 14.3 Å². The van der Waals surface area contributed by atoms with Crippen LogP contribution in [0.4, 0.5) is 11.6 Å². The van der Waals surface area contributed by atoms with Crippen molar-refractivity contribution in [3.8, 4) is 11.5 Å². The number of ether oxygens (including phenoxy) is 2. The van der Waals surface area contributed by atoms with Crippen LogP contribution in [0.5, 0.6) is 11.5 Å². The van der Waals surface area contributed by atoms with Crippen LogP contribution in [-0.2, 0) is 11.4 Å². The van der Waals surface area contributed by atoms with Crippen molar-refractivity contribution in [3.05, 3.63) is 99.7 Å². The quantitative estimate of drug-likeness (QED) is 0.350. The number of allylic oxidation sites excluding steroid dienone is 1. The van der Waals surface area contributed by atoms with Crippen molar-refractivity contribution in [2.75, 3.05) is 17.7 Å². The van der Waals surface area contributed by atoms with Gasteiger partial charge >= 0.3 is 0 Å². The second kappa shape index (κ2) is 10.3. The molecule has 5 rings (SSSR count). The number of hydrogen-bond acceptors (Lipinski definition) is 7. The van der Waals surface area contributed by atoms with Gasteiger partial charge in [-0.1, -0.05) is 58.7 Å². The molecule has 0 fully saturated rings. The molecule has 1 aromatic heterocycles. The third kappa shape index (κ3) is 4.99. The van der Waals surface area contributed by atoms with Gasteiger partial charge in [-0.25, -0.2) is 0 Å². The van der Waals surface area contributed by atoms with Gasteiger partial charge in [0.15, 0.2) is 11.5 Å². The highest BCUT2D eigenvalue weighted by Crippen LogP contribution is 2.39. The van der Waals surface area contributed by atoms with Gasteiger partial charge < -0.3 is 20.1 Å². The molecule has 9 nitrogen and oxygen atoms in total. The van der Waals surface area contributed by atoms with Crippen LogP contribution in [0.3, 0.4) is 0 Å². The fourth-order valence-electron chi connectivity index (χ4n) is 4.19. The van der Waals surface area contributed by atoms with Gasteiger partial charge in [-0.2, -0.15) is 4.68 Å². The molecule has 1 unspecified atom stereocenters. The van der Waals surface area contributed by atoms with Gasteiger partial charge in [-0.05, 0) is 60.2 Å². The molecule has 0 saturated carbocycles. The lowest BCUT2D eigenvalue weighted by molar-refractivity contribution is -0.113. The summed E-state index contributed by atoms with van der Waals surface area (Å²) in [5.74, 6) is 1.22. The van der Waals surface area contributed by atoms with E-state index in [0.29, 0.717) is 39.4 Å². The molecular formula is C27H25ClN6O3. The van der Waals surface area contributed by atoms with Gasteiger partial charge in [0.1, 0.15) is 12.6 Å². The van der Waals surface area contributed by atoms with Gasteiger partial charge in [0.2, 0.25) is 5.95 Å². The van der Waals surface area contributed by atoms with Crippen molar-refractivity contribution in [2.24, 2.45) is 0 Å². The Labute approximate surface area is 219 Å². The molecule has 0 spiro atoms. The molecule has 188 valence electrons. The monoisotopic (exact) mass is 516 g/mol. The number of anilines is 2. The van der Waals surface area contributed by atoms with Crippen LogP contribution in [0.15, 0.2) is 78.0 Å². The van der Waals surface area contributed by atoms with E-state index in [9.17, 15) is 4.79 Å². The molecule has 1 amide bonds. The van der Waals surface area contributed by atoms with E-state index in [-0.39, 0.29) is 12.5 Å². The molecular weight excluding hydrogens is 492 g/mol. The third-order valence-corrected chi connectivity index (χ3v) is 6.48. The average molecular weight is 517 g/mol. The normalized spacial score (nSPS) is 14.5. The minimum atomic E-state index is -0.594. The minimum Gasteiger partial charge on any atom is -0.493 e. The Kier molecular flexibility index (Phi) is 6.78. The van der Waals surface area contributed by atoms with Crippen molar-refractivity contribution in [1.82, 2.24) is 20.2 Å². The first-order valence-electron chi connectivity index (χ1n) is 11.6. The Morgan fingerprint density at radius 3 is 2.62 bits per heavy atom. The number of carbonyl (C=O) groups excluding carboxylic acids is 1.